The van der Waals surface area contributed by atoms with Crippen molar-refractivity contribution in [2.24, 2.45) is 0 Å². The monoisotopic (exact) mass is 446 g/mol. The van der Waals surface area contributed by atoms with E-state index in [4.69, 9.17) is 4.74 Å². The second kappa shape index (κ2) is 10.2. The first kappa shape index (κ1) is 21.0. The number of hydrogen-bond donors (Lipinski definition) is 1. The maximum absolute atomic E-state index is 13.0. The predicted molar refractivity (Wildman–Crippen MR) is 116 cm³/mol. The molecule has 1 aromatic carbocycles. The second-order valence-electron chi connectivity index (χ2n) is 7.04. The number of aromatic nitrogens is 3. The Kier molecular flexibility index (Phi) is 7.14. The first-order valence-corrected chi connectivity index (χ1v) is 11.8. The molecule has 0 aliphatic carbocycles. The van der Waals surface area contributed by atoms with E-state index in [1.807, 2.05) is 17.5 Å². The lowest BCUT2D eigenvalue weighted by Crippen LogP contribution is -2.27. The van der Waals surface area contributed by atoms with E-state index in [-0.39, 0.29) is 23.6 Å². The van der Waals surface area contributed by atoms with Gasteiger partial charge in [-0.15, -0.1) is 21.5 Å². The number of benzene rings is 1. The van der Waals surface area contributed by atoms with Gasteiger partial charge >= 0.3 is 0 Å². The zero-order chi connectivity index (χ0) is 20.8. The Balaban J connectivity index is 1.34. The van der Waals surface area contributed by atoms with Crippen LogP contribution >= 0.6 is 23.1 Å². The molecule has 1 aliphatic heterocycles. The molecule has 3 aromatic rings. The fraction of sp³-hybridized carbons (Fsp3) is 0.381. The highest BCUT2D eigenvalue weighted by atomic mass is 32.2. The van der Waals surface area contributed by atoms with Crippen LogP contribution in [0.5, 0.6) is 0 Å². The van der Waals surface area contributed by atoms with E-state index < -0.39 is 0 Å². The van der Waals surface area contributed by atoms with Crippen molar-refractivity contribution in [1.29, 1.82) is 0 Å². The quantitative estimate of drug-likeness (QED) is 0.507. The highest BCUT2D eigenvalue weighted by molar-refractivity contribution is 7.99. The van der Waals surface area contributed by atoms with Crippen molar-refractivity contribution < 1.29 is 13.9 Å². The zero-order valence-corrected chi connectivity index (χ0v) is 18.1. The summed E-state index contributed by atoms with van der Waals surface area (Å²) in [6.07, 6.45) is 2.91. The van der Waals surface area contributed by atoms with Gasteiger partial charge in [-0.25, -0.2) is 4.39 Å². The molecule has 1 fully saturated rings. The highest BCUT2D eigenvalue weighted by Gasteiger charge is 2.22. The van der Waals surface area contributed by atoms with Crippen molar-refractivity contribution in [2.45, 2.75) is 37.1 Å². The van der Waals surface area contributed by atoms with Gasteiger partial charge in [-0.05, 0) is 48.4 Å². The largest absolute Gasteiger partial charge is 0.376 e. The smallest absolute Gasteiger partial charge is 0.230 e. The number of carbonyl (C=O) groups excluding carboxylic acids is 1. The number of halogens is 1. The Hall–Kier alpha value is -2.23. The Bertz CT molecular complexity index is 954. The third-order valence-corrected chi connectivity index (χ3v) is 6.68. The number of rotatable bonds is 9. The Morgan fingerprint density at radius 3 is 2.90 bits per heavy atom. The number of nitrogens with zero attached hydrogens (tertiary/aromatic N) is 3. The Morgan fingerprint density at radius 2 is 2.17 bits per heavy atom. The number of nitrogens with one attached hydrogen (secondary N) is 1. The van der Waals surface area contributed by atoms with E-state index in [9.17, 15) is 9.18 Å². The van der Waals surface area contributed by atoms with Crippen molar-refractivity contribution in [3.63, 3.8) is 0 Å². The van der Waals surface area contributed by atoms with Crippen LogP contribution < -0.4 is 5.32 Å². The normalized spacial score (nSPS) is 16.1. The average Bonchev–Trinajstić information content (AvgIpc) is 3.51. The van der Waals surface area contributed by atoms with E-state index in [1.54, 1.807) is 23.5 Å². The summed E-state index contributed by atoms with van der Waals surface area (Å²) < 4.78 is 20.8. The number of thiophene rings is 1. The maximum atomic E-state index is 13.0. The summed E-state index contributed by atoms with van der Waals surface area (Å²) in [5.41, 5.74) is 0.987. The first-order valence-electron chi connectivity index (χ1n) is 9.91. The van der Waals surface area contributed by atoms with E-state index in [1.165, 1.54) is 23.9 Å². The molecule has 1 amide bonds. The molecule has 1 aliphatic rings. The number of thioether (sulfide) groups is 1. The molecule has 6 nitrogen and oxygen atoms in total. The number of hydrogen-bond acceptors (Lipinski definition) is 6. The maximum Gasteiger partial charge on any atom is 0.230 e. The lowest BCUT2D eigenvalue weighted by Gasteiger charge is -2.14. The summed E-state index contributed by atoms with van der Waals surface area (Å²) in [7, 11) is 0. The molecule has 1 saturated heterocycles. The predicted octanol–water partition coefficient (Wildman–Crippen LogP) is 3.78. The minimum absolute atomic E-state index is 0.0635. The molecule has 3 heterocycles. The number of carbonyl (C=O) groups is 1. The molecule has 0 unspecified atom stereocenters. The van der Waals surface area contributed by atoms with Crippen LogP contribution in [0.4, 0.5) is 4.39 Å². The molecule has 0 saturated carbocycles. The van der Waals surface area contributed by atoms with Gasteiger partial charge < -0.3 is 10.1 Å². The average molecular weight is 447 g/mol. The van der Waals surface area contributed by atoms with Crippen molar-refractivity contribution >= 4 is 29.0 Å². The molecule has 4 rings (SSSR count). The molecule has 0 radical (unpaired) electrons. The van der Waals surface area contributed by atoms with E-state index >= 15 is 0 Å². The molecule has 1 N–H and O–H groups in total. The molecule has 9 heteroatoms. The minimum atomic E-state index is -0.256. The zero-order valence-electron chi connectivity index (χ0n) is 16.4. The highest BCUT2D eigenvalue weighted by Crippen LogP contribution is 2.29. The van der Waals surface area contributed by atoms with Gasteiger partial charge in [0.25, 0.3) is 0 Å². The lowest BCUT2D eigenvalue weighted by atomic mass is 10.1. The van der Waals surface area contributed by atoms with Crippen LogP contribution in [0.1, 0.15) is 18.4 Å². The molecule has 30 heavy (non-hydrogen) atoms. The lowest BCUT2D eigenvalue weighted by molar-refractivity contribution is -0.118. The van der Waals surface area contributed by atoms with Gasteiger partial charge in [0.05, 0.1) is 23.3 Å². The third kappa shape index (κ3) is 5.47. The van der Waals surface area contributed by atoms with Crippen molar-refractivity contribution in [1.82, 2.24) is 20.1 Å². The Labute approximate surface area is 182 Å². The fourth-order valence-corrected chi connectivity index (χ4v) is 4.81. The molecule has 1 atom stereocenters. The molecular weight excluding hydrogens is 423 g/mol. The minimum Gasteiger partial charge on any atom is -0.376 e. The molecule has 158 valence electrons. The van der Waals surface area contributed by atoms with Crippen LogP contribution in [0, 0.1) is 5.82 Å². The van der Waals surface area contributed by atoms with Gasteiger partial charge in [0.1, 0.15) is 5.82 Å². The Morgan fingerprint density at radius 1 is 1.30 bits per heavy atom. The van der Waals surface area contributed by atoms with Crippen LogP contribution in [0.2, 0.25) is 0 Å². The van der Waals surface area contributed by atoms with Crippen molar-refractivity contribution in [3.8, 4) is 10.7 Å². The number of ether oxygens (including phenoxy) is 1. The van der Waals surface area contributed by atoms with Gasteiger partial charge in [0.15, 0.2) is 11.0 Å². The molecule has 2 aromatic heterocycles. The van der Waals surface area contributed by atoms with Gasteiger partial charge in [-0.3, -0.25) is 9.36 Å². The van der Waals surface area contributed by atoms with Gasteiger partial charge in [-0.2, -0.15) is 0 Å². The standard InChI is InChI=1S/C21H23FN4O2S2/c22-16-7-5-15(6-8-16)9-10-23-19(27)14-30-21-25-24-20(18-4-2-12-29-18)26(21)13-17-3-1-11-28-17/h2,4-8,12,17H,1,3,9-11,13-14H2,(H,23,27)/t17-/m0/s1. The van der Waals surface area contributed by atoms with Crippen LogP contribution in [0.15, 0.2) is 46.9 Å². The summed E-state index contributed by atoms with van der Waals surface area (Å²) in [6, 6.07) is 10.3. The van der Waals surface area contributed by atoms with Gasteiger partial charge in [0, 0.05) is 13.2 Å². The van der Waals surface area contributed by atoms with Crippen molar-refractivity contribution in [3.05, 3.63) is 53.2 Å². The van der Waals surface area contributed by atoms with Crippen LogP contribution in [-0.4, -0.2) is 45.7 Å². The third-order valence-electron chi connectivity index (χ3n) is 4.85. The fourth-order valence-electron chi connectivity index (χ4n) is 3.32. The van der Waals surface area contributed by atoms with Crippen LogP contribution in [-0.2, 0) is 22.5 Å². The molecule has 0 spiro atoms. The van der Waals surface area contributed by atoms with Gasteiger partial charge in [-0.1, -0.05) is 30.0 Å². The summed E-state index contributed by atoms with van der Waals surface area (Å²) in [6.45, 7) is 1.99. The van der Waals surface area contributed by atoms with E-state index in [0.717, 1.165) is 40.9 Å². The molecular formula is C21H23FN4O2S2. The number of amides is 1. The van der Waals surface area contributed by atoms with Crippen molar-refractivity contribution in [2.75, 3.05) is 18.9 Å². The second-order valence-corrected chi connectivity index (χ2v) is 8.93. The SMILES string of the molecule is O=C(CSc1nnc(-c2cccs2)n1C[C@@H]1CCCO1)NCCc1ccc(F)cc1. The van der Waals surface area contributed by atoms with E-state index in [0.29, 0.717) is 19.5 Å². The van der Waals surface area contributed by atoms with E-state index in [2.05, 4.69) is 20.1 Å². The first-order chi connectivity index (χ1) is 14.7. The van der Waals surface area contributed by atoms with Crippen LogP contribution in [0.25, 0.3) is 10.7 Å². The summed E-state index contributed by atoms with van der Waals surface area (Å²) in [4.78, 5) is 13.3. The summed E-state index contributed by atoms with van der Waals surface area (Å²) >= 11 is 3.00. The summed E-state index contributed by atoms with van der Waals surface area (Å²) in [5, 5.41) is 14.4. The van der Waals surface area contributed by atoms with Crippen LogP contribution in [0.3, 0.4) is 0 Å². The summed E-state index contributed by atoms with van der Waals surface area (Å²) in [5.74, 6) is 0.761. The molecule has 0 bridgehead atoms. The van der Waals surface area contributed by atoms with Gasteiger partial charge in [0.2, 0.25) is 5.91 Å². The topological polar surface area (TPSA) is 69.0 Å².